The molecule has 0 spiro atoms. The fourth-order valence-corrected chi connectivity index (χ4v) is 4.60. The summed E-state index contributed by atoms with van der Waals surface area (Å²) in [6.45, 7) is 18.8. The Kier molecular flexibility index (Phi) is 11.3. The highest BCUT2D eigenvalue weighted by atomic mass is 79.9. The van der Waals surface area contributed by atoms with E-state index in [1.165, 1.54) is 13.3 Å². The molecule has 1 amide bonds. The van der Waals surface area contributed by atoms with Crippen molar-refractivity contribution in [1.82, 2.24) is 14.9 Å². The molecule has 1 unspecified atom stereocenters. The molecule has 2 aromatic rings. The lowest BCUT2D eigenvalue weighted by Crippen LogP contribution is -2.34. The zero-order valence-electron chi connectivity index (χ0n) is 23.4. The van der Waals surface area contributed by atoms with Gasteiger partial charge < -0.3 is 24.3 Å². The molecular weight excluding hydrogens is 604 g/mol. The minimum atomic E-state index is -0.361. The van der Waals surface area contributed by atoms with E-state index in [-0.39, 0.29) is 23.3 Å². The van der Waals surface area contributed by atoms with E-state index >= 15 is 0 Å². The Morgan fingerprint density at radius 2 is 1.54 bits per heavy atom. The fraction of sp³-hybridized carbons (Fsp3) is 0.667. The van der Waals surface area contributed by atoms with E-state index < -0.39 is 0 Å². The molecule has 10 heteroatoms. The van der Waals surface area contributed by atoms with Gasteiger partial charge in [-0.25, -0.2) is 9.78 Å². The SMILES string of the molecule is CC(=O)OC(C)(C)C.CC(C)(C)OC(=O)N1CCCC1.CC1CCN(c2nc3cc(Br)c(Br)cc3[nH]2)C1. The third kappa shape index (κ3) is 11.2. The number of hydrogen-bond donors (Lipinski definition) is 1. The van der Waals surface area contributed by atoms with Crippen molar-refractivity contribution >= 4 is 60.9 Å². The fourth-order valence-electron chi connectivity index (χ4n) is 3.93. The first kappa shape index (κ1) is 31.4. The van der Waals surface area contributed by atoms with Crippen molar-refractivity contribution in [2.24, 2.45) is 5.92 Å². The van der Waals surface area contributed by atoms with Gasteiger partial charge in [-0.15, -0.1) is 0 Å². The molecule has 2 aliphatic heterocycles. The molecule has 3 heterocycles. The van der Waals surface area contributed by atoms with Crippen LogP contribution in [-0.2, 0) is 14.3 Å². The Bertz CT molecular complexity index is 1010. The van der Waals surface area contributed by atoms with Crippen LogP contribution >= 0.6 is 31.9 Å². The predicted molar refractivity (Wildman–Crippen MR) is 156 cm³/mol. The smallest absolute Gasteiger partial charge is 0.410 e. The number of benzene rings is 1. The number of hydrogen-bond acceptors (Lipinski definition) is 6. The number of nitrogens with one attached hydrogen (secondary N) is 1. The molecule has 37 heavy (non-hydrogen) atoms. The number of aromatic nitrogens is 2. The van der Waals surface area contributed by atoms with Crippen LogP contribution in [-0.4, -0.2) is 64.3 Å². The average Bonchev–Trinajstić information content (AvgIpc) is 3.47. The number of ether oxygens (including phenoxy) is 2. The summed E-state index contributed by atoms with van der Waals surface area (Å²) in [4.78, 5) is 33.7. The summed E-state index contributed by atoms with van der Waals surface area (Å²) in [5, 5.41) is 0. The maximum Gasteiger partial charge on any atom is 0.410 e. The van der Waals surface area contributed by atoms with Gasteiger partial charge in [-0.2, -0.15) is 0 Å². The normalized spacial score (nSPS) is 17.6. The topological polar surface area (TPSA) is 87.8 Å². The highest BCUT2D eigenvalue weighted by Crippen LogP contribution is 2.30. The number of aromatic amines is 1. The van der Waals surface area contributed by atoms with Crippen molar-refractivity contribution in [3.05, 3.63) is 21.1 Å². The molecule has 1 aromatic carbocycles. The molecule has 1 atom stereocenters. The number of imidazole rings is 1. The number of esters is 1. The van der Waals surface area contributed by atoms with Crippen molar-refractivity contribution in [1.29, 1.82) is 0 Å². The van der Waals surface area contributed by atoms with Crippen LogP contribution in [0, 0.1) is 5.92 Å². The number of rotatable bonds is 1. The van der Waals surface area contributed by atoms with Crippen LogP contribution < -0.4 is 4.90 Å². The van der Waals surface area contributed by atoms with Crippen molar-refractivity contribution in [3.63, 3.8) is 0 Å². The van der Waals surface area contributed by atoms with Gasteiger partial charge in [0.25, 0.3) is 0 Å². The minimum Gasteiger partial charge on any atom is -0.460 e. The van der Waals surface area contributed by atoms with E-state index in [1.807, 2.05) is 47.6 Å². The van der Waals surface area contributed by atoms with E-state index in [2.05, 4.69) is 59.7 Å². The molecule has 0 bridgehead atoms. The Balaban J connectivity index is 0.000000212. The van der Waals surface area contributed by atoms with Gasteiger partial charge >= 0.3 is 12.1 Å². The maximum absolute atomic E-state index is 11.4. The Morgan fingerprint density at radius 1 is 0.973 bits per heavy atom. The van der Waals surface area contributed by atoms with Crippen LogP contribution in [0.15, 0.2) is 21.1 Å². The van der Waals surface area contributed by atoms with Gasteiger partial charge in [0.05, 0.1) is 11.0 Å². The lowest BCUT2D eigenvalue weighted by atomic mass is 10.2. The van der Waals surface area contributed by atoms with Crippen molar-refractivity contribution in [3.8, 4) is 0 Å². The number of carbonyl (C=O) groups excluding carboxylic acids is 2. The Morgan fingerprint density at radius 3 is 2.00 bits per heavy atom. The molecule has 1 aromatic heterocycles. The van der Waals surface area contributed by atoms with Crippen LogP contribution in [0.2, 0.25) is 0 Å². The first-order valence-corrected chi connectivity index (χ1v) is 14.4. The molecular formula is C27H42Br2N4O4. The number of H-pyrrole nitrogens is 1. The van der Waals surface area contributed by atoms with Gasteiger partial charge in [0.2, 0.25) is 5.95 Å². The zero-order valence-corrected chi connectivity index (χ0v) is 26.6. The summed E-state index contributed by atoms with van der Waals surface area (Å²) in [5.74, 6) is 1.54. The Labute approximate surface area is 238 Å². The van der Waals surface area contributed by atoms with Crippen LogP contribution in [0.1, 0.15) is 74.7 Å². The molecule has 2 fully saturated rings. The molecule has 8 nitrogen and oxygen atoms in total. The summed E-state index contributed by atoms with van der Waals surface area (Å²) in [6.07, 6.45) is 3.31. The molecule has 2 saturated heterocycles. The number of fused-ring (bicyclic) bond motifs is 1. The van der Waals surface area contributed by atoms with Crippen molar-refractivity contribution < 1.29 is 19.1 Å². The maximum atomic E-state index is 11.4. The van der Waals surface area contributed by atoms with Crippen molar-refractivity contribution in [2.75, 3.05) is 31.1 Å². The van der Waals surface area contributed by atoms with E-state index in [0.717, 1.165) is 70.9 Å². The average molecular weight is 646 g/mol. The lowest BCUT2D eigenvalue weighted by Gasteiger charge is -2.23. The third-order valence-corrected chi connectivity index (χ3v) is 7.29. The monoisotopic (exact) mass is 644 g/mol. The number of halogens is 2. The van der Waals surface area contributed by atoms with E-state index in [1.54, 1.807) is 4.90 Å². The first-order chi connectivity index (χ1) is 17.0. The molecule has 1 N–H and O–H groups in total. The van der Waals surface area contributed by atoms with E-state index in [9.17, 15) is 9.59 Å². The van der Waals surface area contributed by atoms with Crippen LogP contribution in [0.25, 0.3) is 11.0 Å². The number of carbonyl (C=O) groups is 2. The van der Waals surface area contributed by atoms with Gasteiger partial charge in [-0.1, -0.05) is 6.92 Å². The van der Waals surface area contributed by atoms with Gasteiger partial charge in [-0.3, -0.25) is 4.79 Å². The quantitative estimate of drug-likeness (QED) is 0.328. The summed E-state index contributed by atoms with van der Waals surface area (Å²) in [7, 11) is 0. The van der Waals surface area contributed by atoms with E-state index in [0.29, 0.717) is 0 Å². The number of nitrogens with zero attached hydrogens (tertiary/aromatic N) is 3. The zero-order chi connectivity index (χ0) is 28.0. The summed E-state index contributed by atoms with van der Waals surface area (Å²) < 4.78 is 12.1. The number of likely N-dealkylation sites (tertiary alicyclic amines) is 1. The molecule has 4 rings (SSSR count). The second-order valence-corrected chi connectivity index (χ2v) is 13.3. The van der Waals surface area contributed by atoms with Crippen LogP contribution in [0.5, 0.6) is 0 Å². The highest BCUT2D eigenvalue weighted by Gasteiger charge is 2.24. The van der Waals surface area contributed by atoms with Gasteiger partial charge in [-0.05, 0) is 111 Å². The lowest BCUT2D eigenvalue weighted by molar-refractivity contribution is -0.151. The summed E-state index contributed by atoms with van der Waals surface area (Å²) >= 11 is 7.01. The van der Waals surface area contributed by atoms with Crippen LogP contribution in [0.3, 0.4) is 0 Å². The second-order valence-electron chi connectivity index (χ2n) is 11.6. The third-order valence-electron chi connectivity index (χ3n) is 5.44. The van der Waals surface area contributed by atoms with Crippen molar-refractivity contribution in [2.45, 2.75) is 85.9 Å². The van der Waals surface area contributed by atoms with Gasteiger partial charge in [0, 0.05) is 42.0 Å². The summed E-state index contributed by atoms with van der Waals surface area (Å²) in [6, 6.07) is 4.11. The molecule has 208 valence electrons. The minimum absolute atomic E-state index is 0.167. The summed E-state index contributed by atoms with van der Waals surface area (Å²) in [5.41, 5.74) is 1.40. The first-order valence-electron chi connectivity index (χ1n) is 12.8. The van der Waals surface area contributed by atoms with Gasteiger partial charge in [0.15, 0.2) is 0 Å². The van der Waals surface area contributed by atoms with E-state index in [4.69, 9.17) is 9.47 Å². The number of anilines is 1. The van der Waals surface area contributed by atoms with Crippen LogP contribution in [0.4, 0.5) is 10.7 Å². The molecule has 0 aliphatic carbocycles. The van der Waals surface area contributed by atoms with Gasteiger partial charge in [0.1, 0.15) is 11.2 Å². The molecule has 0 saturated carbocycles. The Hall–Kier alpha value is -1.81. The second kappa shape index (κ2) is 13.3. The molecule has 0 radical (unpaired) electrons. The standard InChI is InChI=1S/C12H13Br2N3.C9H17NO2.C6H12O2/c1-7-2-3-17(6-7)12-15-10-4-8(13)9(14)5-11(10)16-12;1-9(2,3)12-8(11)10-6-4-5-7-10;1-5(7)8-6(2,3)4/h4-5,7H,2-3,6H2,1H3,(H,15,16);4-7H2,1-3H3;1-4H3. The largest absolute Gasteiger partial charge is 0.460 e. The number of amides is 1. The predicted octanol–water partition coefficient (Wildman–Crippen LogP) is 7.30. The highest BCUT2D eigenvalue weighted by molar-refractivity contribution is 9.13. The molecule has 2 aliphatic rings.